The van der Waals surface area contributed by atoms with Gasteiger partial charge in [0.25, 0.3) is 5.91 Å². The third kappa shape index (κ3) is 7.67. The van der Waals surface area contributed by atoms with Crippen molar-refractivity contribution in [1.82, 2.24) is 15.3 Å². The number of hydrogen-bond acceptors (Lipinski definition) is 6. The number of allylic oxidation sites excluding steroid dienone is 3. The highest BCUT2D eigenvalue weighted by atomic mass is 32.2. The second-order valence-corrected chi connectivity index (χ2v) is 9.42. The van der Waals surface area contributed by atoms with E-state index in [1.54, 1.807) is 43.3 Å². The molecule has 0 aliphatic heterocycles. The predicted molar refractivity (Wildman–Crippen MR) is 151 cm³/mol. The molecule has 0 bridgehead atoms. The summed E-state index contributed by atoms with van der Waals surface area (Å²) in [5.41, 5.74) is 4.86. The molecule has 1 N–H and O–H groups in total. The Morgan fingerprint density at radius 1 is 1.24 bits per heavy atom. The molecular formula is C29H34N4O3S. The number of benzene rings is 1. The standard InChI is InChI=1S/C29H34N4O3S/c1-5-22-14-15-23(18-26(22)36-3)28(27(6-2)37-4)32-33(20-34)19-21-10-9-11-24(16-13-21)31-29(35)25-12-7-8-17-30-25/h7-8,10-18,20,27H,5-6,9,19H2,1-4H3,(H,31,35)/b32-28-. The van der Waals surface area contributed by atoms with Crippen LogP contribution in [0.15, 0.2) is 83.3 Å². The molecule has 0 saturated heterocycles. The lowest BCUT2D eigenvalue weighted by atomic mass is 10.0. The summed E-state index contributed by atoms with van der Waals surface area (Å²) in [6, 6.07) is 11.3. The Labute approximate surface area is 223 Å². The van der Waals surface area contributed by atoms with E-state index < -0.39 is 0 Å². The first-order chi connectivity index (χ1) is 18.0. The molecule has 8 heteroatoms. The van der Waals surface area contributed by atoms with Crippen LogP contribution in [0.4, 0.5) is 0 Å². The highest BCUT2D eigenvalue weighted by molar-refractivity contribution is 8.00. The van der Waals surface area contributed by atoms with E-state index in [2.05, 4.69) is 36.5 Å². The van der Waals surface area contributed by atoms with E-state index in [1.165, 1.54) is 5.01 Å². The number of rotatable bonds is 12. The van der Waals surface area contributed by atoms with Gasteiger partial charge >= 0.3 is 0 Å². The third-order valence-electron chi connectivity index (χ3n) is 5.98. The largest absolute Gasteiger partial charge is 0.496 e. The molecule has 7 nitrogen and oxygen atoms in total. The fraction of sp³-hybridized carbons (Fsp3) is 0.310. The van der Waals surface area contributed by atoms with Crippen molar-refractivity contribution < 1.29 is 14.3 Å². The number of pyridine rings is 1. The number of nitrogens with zero attached hydrogens (tertiary/aromatic N) is 3. The minimum absolute atomic E-state index is 0.119. The van der Waals surface area contributed by atoms with E-state index in [9.17, 15) is 9.59 Å². The van der Waals surface area contributed by atoms with Gasteiger partial charge in [0.05, 0.1) is 19.4 Å². The predicted octanol–water partition coefficient (Wildman–Crippen LogP) is 5.16. The third-order valence-corrected chi connectivity index (χ3v) is 7.10. The molecule has 0 saturated carbocycles. The van der Waals surface area contributed by atoms with Crippen molar-refractivity contribution in [2.24, 2.45) is 5.10 Å². The monoisotopic (exact) mass is 518 g/mol. The summed E-state index contributed by atoms with van der Waals surface area (Å²) in [4.78, 5) is 28.6. The summed E-state index contributed by atoms with van der Waals surface area (Å²) < 4.78 is 5.60. The van der Waals surface area contributed by atoms with Gasteiger partial charge in [0.1, 0.15) is 11.4 Å². The lowest BCUT2D eigenvalue weighted by Gasteiger charge is -2.21. The number of ether oxygens (including phenoxy) is 1. The Kier molecular flexibility index (Phi) is 10.7. The molecule has 1 heterocycles. The van der Waals surface area contributed by atoms with E-state index in [0.29, 0.717) is 24.4 Å². The van der Waals surface area contributed by atoms with Gasteiger partial charge in [0.15, 0.2) is 0 Å². The molecule has 0 spiro atoms. The summed E-state index contributed by atoms with van der Waals surface area (Å²) >= 11 is 1.71. The Morgan fingerprint density at radius 2 is 2.08 bits per heavy atom. The second kappa shape index (κ2) is 14.2. The number of hydrogen-bond donors (Lipinski definition) is 1. The lowest BCUT2D eigenvalue weighted by molar-refractivity contribution is -0.117. The van der Waals surface area contributed by atoms with Gasteiger partial charge in [-0.15, -0.1) is 0 Å². The van der Waals surface area contributed by atoms with Crippen LogP contribution in [0, 0.1) is 0 Å². The average molecular weight is 519 g/mol. The van der Waals surface area contributed by atoms with Crippen LogP contribution >= 0.6 is 11.8 Å². The van der Waals surface area contributed by atoms with E-state index in [1.807, 2.05) is 36.4 Å². The highest BCUT2D eigenvalue weighted by Crippen LogP contribution is 2.25. The van der Waals surface area contributed by atoms with Crippen molar-refractivity contribution in [3.63, 3.8) is 0 Å². The maximum atomic E-state index is 12.4. The van der Waals surface area contributed by atoms with E-state index in [4.69, 9.17) is 9.84 Å². The van der Waals surface area contributed by atoms with Crippen molar-refractivity contribution in [3.8, 4) is 5.75 Å². The van der Waals surface area contributed by atoms with Crippen LogP contribution in [0.3, 0.4) is 0 Å². The van der Waals surface area contributed by atoms with Gasteiger partial charge in [-0.3, -0.25) is 14.6 Å². The number of hydrazone groups is 1. The molecule has 1 aromatic carbocycles. The van der Waals surface area contributed by atoms with Crippen LogP contribution in [0.5, 0.6) is 5.75 Å². The molecule has 1 aliphatic rings. The zero-order chi connectivity index (χ0) is 26.6. The zero-order valence-electron chi connectivity index (χ0n) is 21.8. The van der Waals surface area contributed by atoms with Gasteiger partial charge in [-0.25, -0.2) is 5.01 Å². The van der Waals surface area contributed by atoms with Gasteiger partial charge in [-0.05, 0) is 60.9 Å². The van der Waals surface area contributed by atoms with Crippen LogP contribution in [-0.2, 0) is 11.2 Å². The minimum Gasteiger partial charge on any atom is -0.496 e. The fourth-order valence-corrected chi connectivity index (χ4v) is 4.71. The molecule has 3 rings (SSSR count). The number of aryl methyl sites for hydroxylation is 1. The Morgan fingerprint density at radius 3 is 2.73 bits per heavy atom. The Balaban J connectivity index is 1.79. The maximum absolute atomic E-state index is 12.4. The number of carbonyl (C=O) groups is 2. The normalized spacial score (nSPS) is 14.2. The molecule has 1 aromatic heterocycles. The number of aromatic nitrogens is 1. The van der Waals surface area contributed by atoms with Crippen molar-refractivity contribution in [2.45, 2.75) is 38.4 Å². The Bertz CT molecular complexity index is 1200. The zero-order valence-corrected chi connectivity index (χ0v) is 22.6. The average Bonchev–Trinajstić information content (AvgIpc) is 3.17. The summed E-state index contributed by atoms with van der Waals surface area (Å²) in [5.74, 6) is 0.554. The van der Waals surface area contributed by atoms with Crippen molar-refractivity contribution in [1.29, 1.82) is 0 Å². The van der Waals surface area contributed by atoms with Crippen molar-refractivity contribution >= 4 is 29.8 Å². The van der Waals surface area contributed by atoms with Gasteiger partial charge in [-0.1, -0.05) is 50.3 Å². The van der Waals surface area contributed by atoms with Crippen molar-refractivity contribution in [2.75, 3.05) is 19.9 Å². The molecule has 1 aliphatic carbocycles. The molecule has 1 atom stereocenters. The summed E-state index contributed by atoms with van der Waals surface area (Å²) in [7, 11) is 1.67. The molecule has 1 unspecified atom stereocenters. The van der Waals surface area contributed by atoms with Gasteiger partial charge in [0, 0.05) is 22.7 Å². The van der Waals surface area contributed by atoms with E-state index in [-0.39, 0.29) is 11.2 Å². The number of thioether (sulfide) groups is 1. The van der Waals surface area contributed by atoms with Crippen LogP contribution in [-0.4, -0.2) is 53.2 Å². The number of carbonyl (C=O) groups excluding carboxylic acids is 2. The van der Waals surface area contributed by atoms with Gasteiger partial charge < -0.3 is 10.1 Å². The topological polar surface area (TPSA) is 83.9 Å². The van der Waals surface area contributed by atoms with Crippen LogP contribution in [0.25, 0.3) is 0 Å². The first-order valence-electron chi connectivity index (χ1n) is 12.3. The van der Waals surface area contributed by atoms with E-state index in [0.717, 1.165) is 47.4 Å². The van der Waals surface area contributed by atoms with Crippen LogP contribution in [0.2, 0.25) is 0 Å². The molecule has 2 aromatic rings. The highest BCUT2D eigenvalue weighted by Gasteiger charge is 2.19. The lowest BCUT2D eigenvalue weighted by Crippen LogP contribution is -2.26. The van der Waals surface area contributed by atoms with Gasteiger partial charge in [-0.2, -0.15) is 16.9 Å². The quantitative estimate of drug-likeness (QED) is 0.238. The van der Waals surface area contributed by atoms with E-state index >= 15 is 0 Å². The van der Waals surface area contributed by atoms with Crippen LogP contribution < -0.4 is 10.1 Å². The molecule has 0 radical (unpaired) electrons. The van der Waals surface area contributed by atoms with Crippen molar-refractivity contribution in [3.05, 3.63) is 95.0 Å². The smallest absolute Gasteiger partial charge is 0.274 e. The maximum Gasteiger partial charge on any atom is 0.274 e. The molecular weight excluding hydrogens is 484 g/mol. The summed E-state index contributed by atoms with van der Waals surface area (Å²) in [6.07, 6.45) is 14.4. The second-order valence-electron chi connectivity index (χ2n) is 8.38. The van der Waals surface area contributed by atoms with Gasteiger partial charge in [0.2, 0.25) is 6.41 Å². The SMILES string of the molecule is CCc1ccc(/C(=N/N(C=O)CC2=CCC=C(NC(=O)c3ccccn3)C=C2)C(CC)SC)cc1OC. The number of amides is 2. The number of methoxy groups -OCH3 is 1. The fourth-order valence-electron chi connectivity index (χ4n) is 3.97. The summed E-state index contributed by atoms with van der Waals surface area (Å²) in [5, 5.41) is 9.24. The minimum atomic E-state index is -0.268. The van der Waals surface area contributed by atoms with Crippen LogP contribution in [0.1, 0.15) is 48.3 Å². The number of nitrogens with one attached hydrogen (secondary N) is 1. The molecule has 194 valence electrons. The first kappa shape index (κ1) is 27.9. The molecule has 0 fully saturated rings. The first-order valence-corrected chi connectivity index (χ1v) is 13.6. The molecule has 2 amide bonds. The molecule has 37 heavy (non-hydrogen) atoms. The summed E-state index contributed by atoms with van der Waals surface area (Å²) in [6.45, 7) is 4.52. The Hall–Kier alpha value is -3.65.